The van der Waals surface area contributed by atoms with Crippen molar-refractivity contribution in [1.29, 1.82) is 0 Å². The van der Waals surface area contributed by atoms with E-state index in [0.29, 0.717) is 41.9 Å². The molecule has 1 spiro atoms. The van der Waals surface area contributed by atoms with Crippen LogP contribution in [-0.2, 0) is 47.4 Å². The molecule has 6 heterocycles. The van der Waals surface area contributed by atoms with Crippen LogP contribution in [0.25, 0.3) is 0 Å². The number of hydrogen-bond acceptors (Lipinski definition) is 21. The van der Waals surface area contributed by atoms with Crippen LogP contribution in [0.2, 0.25) is 0 Å². The summed E-state index contributed by atoms with van der Waals surface area (Å²) in [5, 5.41) is 118. The van der Waals surface area contributed by atoms with Gasteiger partial charge in [0.05, 0.1) is 44.7 Å². The molecule has 0 radical (unpaired) electrons. The second-order valence-electron chi connectivity index (χ2n) is 23.4. The quantitative estimate of drug-likeness (QED) is 0.113. The number of rotatable bonds is 10. The highest BCUT2D eigenvalue weighted by Crippen LogP contribution is 2.70. The van der Waals surface area contributed by atoms with Gasteiger partial charge in [-0.2, -0.15) is 0 Å². The Morgan fingerprint density at radius 1 is 0.620 bits per heavy atom. The van der Waals surface area contributed by atoms with Crippen molar-refractivity contribution < 1.29 is 104 Å². The maximum atomic E-state index is 11.4. The first-order valence-corrected chi connectivity index (χ1v) is 26.3. The van der Waals surface area contributed by atoms with Gasteiger partial charge in [-0.25, -0.2) is 0 Å². The Labute approximate surface area is 414 Å². The van der Waals surface area contributed by atoms with Crippen molar-refractivity contribution in [2.75, 3.05) is 26.4 Å². The zero-order valence-electron chi connectivity index (χ0n) is 41.4. The molecule has 10 rings (SSSR count). The van der Waals surface area contributed by atoms with Crippen molar-refractivity contribution in [3.05, 3.63) is 11.6 Å². The molecule has 0 aromatic rings. The van der Waals surface area contributed by atoms with Crippen LogP contribution in [0, 0.1) is 46.3 Å². The second-order valence-corrected chi connectivity index (χ2v) is 23.4. The summed E-state index contributed by atoms with van der Waals surface area (Å²) in [5.41, 5.74) is 1.57. The Balaban J connectivity index is 0.757. The zero-order valence-corrected chi connectivity index (χ0v) is 41.4. The topological polar surface area (TPSA) is 315 Å². The van der Waals surface area contributed by atoms with Crippen LogP contribution in [0.1, 0.15) is 92.4 Å². The van der Waals surface area contributed by atoms with Crippen molar-refractivity contribution >= 4 is 0 Å². The molecule has 21 nitrogen and oxygen atoms in total. The van der Waals surface area contributed by atoms with Gasteiger partial charge in [0.15, 0.2) is 30.9 Å². The minimum absolute atomic E-state index is 0.00142. The van der Waals surface area contributed by atoms with Gasteiger partial charge in [-0.05, 0) is 98.7 Å². The van der Waals surface area contributed by atoms with Gasteiger partial charge in [0, 0.05) is 12.3 Å². The third-order valence-electron chi connectivity index (χ3n) is 19.4. The van der Waals surface area contributed by atoms with Gasteiger partial charge in [-0.15, -0.1) is 0 Å². The van der Waals surface area contributed by atoms with Gasteiger partial charge < -0.3 is 104 Å². The monoisotopic (exact) mass is 1020 g/mol. The molecule has 0 amide bonds. The van der Waals surface area contributed by atoms with Gasteiger partial charge >= 0.3 is 0 Å². The molecule has 0 bridgehead atoms. The molecule has 406 valence electrons. The molecule has 4 aliphatic carbocycles. The lowest BCUT2D eigenvalue weighted by Gasteiger charge is -2.58. The molecular formula is C50H80O21. The predicted octanol–water partition coefficient (Wildman–Crippen LogP) is -1.32. The summed E-state index contributed by atoms with van der Waals surface area (Å²) in [6, 6.07) is 0. The fraction of sp³-hybridized carbons (Fsp3) is 0.960. The maximum Gasteiger partial charge on any atom is 0.187 e. The van der Waals surface area contributed by atoms with Crippen LogP contribution in [0.3, 0.4) is 0 Å². The van der Waals surface area contributed by atoms with E-state index < -0.39 is 136 Å². The average Bonchev–Trinajstić information content (AvgIpc) is 3.80. The molecule has 6 saturated heterocycles. The molecule has 6 aliphatic heterocycles. The lowest BCUT2D eigenvalue weighted by atomic mass is 9.47. The van der Waals surface area contributed by atoms with E-state index in [9.17, 15) is 56.2 Å². The van der Waals surface area contributed by atoms with Crippen LogP contribution in [0.5, 0.6) is 0 Å². The summed E-state index contributed by atoms with van der Waals surface area (Å²) >= 11 is 0. The number of aliphatic hydroxyl groups excluding tert-OH is 11. The predicted molar refractivity (Wildman–Crippen MR) is 241 cm³/mol. The zero-order chi connectivity index (χ0) is 50.6. The summed E-state index contributed by atoms with van der Waals surface area (Å²) in [6.45, 7) is 10.0. The Bertz CT molecular complexity index is 1870. The highest BCUT2D eigenvalue weighted by atomic mass is 16.8. The van der Waals surface area contributed by atoms with E-state index in [1.165, 1.54) is 18.9 Å². The third-order valence-corrected chi connectivity index (χ3v) is 19.4. The summed E-state index contributed by atoms with van der Waals surface area (Å²) in [5.74, 6) is 2.64. The van der Waals surface area contributed by atoms with Crippen LogP contribution in [0.15, 0.2) is 11.6 Å². The molecule has 30 atom stereocenters. The minimum Gasteiger partial charge on any atom is -0.394 e. The van der Waals surface area contributed by atoms with E-state index in [4.69, 9.17) is 47.4 Å². The van der Waals surface area contributed by atoms with E-state index in [0.717, 1.165) is 51.6 Å². The van der Waals surface area contributed by atoms with Crippen LogP contribution in [-0.4, -0.2) is 217 Å². The van der Waals surface area contributed by atoms with E-state index >= 15 is 0 Å². The largest absolute Gasteiger partial charge is 0.394 e. The van der Waals surface area contributed by atoms with Gasteiger partial charge in [-0.1, -0.05) is 39.3 Å². The number of hydrogen-bond donors (Lipinski definition) is 11. The van der Waals surface area contributed by atoms with Crippen LogP contribution < -0.4 is 0 Å². The number of ether oxygens (including phenoxy) is 10. The smallest absolute Gasteiger partial charge is 0.187 e. The fourth-order valence-corrected chi connectivity index (χ4v) is 15.3. The van der Waals surface area contributed by atoms with E-state index in [1.807, 2.05) is 0 Å². The van der Waals surface area contributed by atoms with Crippen molar-refractivity contribution in [3.63, 3.8) is 0 Å². The van der Waals surface area contributed by atoms with Crippen LogP contribution in [0.4, 0.5) is 0 Å². The normalized spacial score (nSPS) is 57.4. The molecular weight excluding hydrogens is 937 g/mol. The second kappa shape index (κ2) is 20.4. The molecule has 9 fully saturated rings. The van der Waals surface area contributed by atoms with Gasteiger partial charge in [0.25, 0.3) is 0 Å². The first kappa shape index (κ1) is 53.3. The highest BCUT2D eigenvalue weighted by molar-refractivity contribution is 5.26. The number of allylic oxidation sites excluding steroid dienone is 1. The van der Waals surface area contributed by atoms with Gasteiger partial charge in [0.1, 0.15) is 85.5 Å². The summed E-state index contributed by atoms with van der Waals surface area (Å²) in [4.78, 5) is 0. The van der Waals surface area contributed by atoms with Gasteiger partial charge in [-0.3, -0.25) is 0 Å². The molecule has 10 aliphatic rings. The van der Waals surface area contributed by atoms with Crippen molar-refractivity contribution in [1.82, 2.24) is 0 Å². The summed E-state index contributed by atoms with van der Waals surface area (Å²) in [7, 11) is 0. The third kappa shape index (κ3) is 9.12. The first-order valence-electron chi connectivity index (χ1n) is 26.3. The summed E-state index contributed by atoms with van der Waals surface area (Å²) in [6.07, 6.45) is -19.0. The lowest BCUT2D eigenvalue weighted by molar-refractivity contribution is -0.387. The maximum absolute atomic E-state index is 11.4. The Hall–Kier alpha value is -1.10. The minimum atomic E-state index is -1.92. The van der Waals surface area contributed by atoms with E-state index in [-0.39, 0.29) is 29.6 Å². The molecule has 3 saturated carbocycles. The molecule has 11 N–H and O–H groups in total. The van der Waals surface area contributed by atoms with E-state index in [2.05, 4.69) is 33.8 Å². The van der Waals surface area contributed by atoms with E-state index in [1.54, 1.807) is 0 Å². The van der Waals surface area contributed by atoms with Crippen molar-refractivity contribution in [2.45, 2.75) is 227 Å². The molecule has 21 heteroatoms. The fourth-order valence-electron chi connectivity index (χ4n) is 15.3. The van der Waals surface area contributed by atoms with Crippen molar-refractivity contribution in [3.8, 4) is 0 Å². The number of fused-ring (bicyclic) bond motifs is 7. The Kier molecular flexibility index (Phi) is 15.3. The Morgan fingerprint density at radius 2 is 1.27 bits per heavy atom. The first-order chi connectivity index (χ1) is 33.7. The Morgan fingerprint density at radius 3 is 1.96 bits per heavy atom. The summed E-state index contributed by atoms with van der Waals surface area (Å²) < 4.78 is 60.9. The standard InChI is InChI=1S/C50H80O21/c1-20-8-13-50(63-18-20)21(2)32-29(71-50)15-27-25-7-6-23-14-24(9-11-48(23,4)26(25)10-12-49(27,32)5)65-47-43(33(54)28(53)19-62-47)70-44-39(60)36(57)41(22(3)64-44)68-46-40(61)37(58)42(31(17-52)67-46)69-45-38(59)35(56)34(55)30(16-51)66-45/h6,20-22,24-47,51-61H,7-19H2,1-5H3/t20-,21+,22+,24+,25-,26+,27+,28+,29+,30-,31-,32+,33+,34+,35+,36+,37-,38-,39-,40-,41+,42-,43-,44+,45+,46+,47+,48+,49+,50-/m1/s1. The molecule has 0 aromatic heterocycles. The van der Waals surface area contributed by atoms with Gasteiger partial charge in [0.2, 0.25) is 0 Å². The number of aliphatic hydroxyl groups is 11. The molecule has 71 heavy (non-hydrogen) atoms. The van der Waals surface area contributed by atoms with Crippen LogP contribution >= 0.6 is 0 Å². The van der Waals surface area contributed by atoms with Crippen molar-refractivity contribution in [2.24, 2.45) is 46.3 Å². The highest BCUT2D eigenvalue weighted by Gasteiger charge is 2.69. The lowest BCUT2D eigenvalue weighted by Crippen LogP contribution is -2.66. The molecule has 0 aromatic carbocycles. The average molecular weight is 1020 g/mol. The molecule has 0 unspecified atom stereocenters. The SMILES string of the molecule is C[C@@H]1CC[C@@]2(OC1)O[C@H]1C[C@H]3[C@@H]4CC=C5C[C@@H](O[C@@H]6OC[C@H](O)[C@H](O)[C@H]6O[C@@H]6O[C@@H](C)[C@H](O[C@@H]7O[C@H](CO)[C@@H](O[C@@H]8O[C@H](CO)[C@H](O)[C@H](O)[C@H]8O)[C@H](O)[C@H]7O)[C@@H](O)[C@H]6O)CC[C@]5(C)[C@H]4CC[C@]3(C)[C@H]1[C@@H]2C.